The standard InChI is InChI=1S/C23H24N4O4/c1-15(31-23(30)20-18-7-3-4-8-19(18)22(29)26-25-20)21(28)24-16-9-11-17(12-10-16)27-13-5-2-6-14-27/h3-4,7-12,15H,2,5-6,13-14H2,1H3,(H,24,28)(H,26,29)/t15-/m0/s1. The lowest BCUT2D eigenvalue weighted by Crippen LogP contribution is -2.31. The van der Waals surface area contributed by atoms with Gasteiger partial charge in [0.25, 0.3) is 11.5 Å². The van der Waals surface area contributed by atoms with Gasteiger partial charge in [0.2, 0.25) is 0 Å². The molecule has 8 nitrogen and oxygen atoms in total. The first-order chi connectivity index (χ1) is 15.0. The van der Waals surface area contributed by atoms with E-state index in [2.05, 4.69) is 20.4 Å². The second-order valence-electron chi connectivity index (χ2n) is 7.58. The summed E-state index contributed by atoms with van der Waals surface area (Å²) < 4.78 is 5.29. The molecule has 0 bridgehead atoms. The lowest BCUT2D eigenvalue weighted by atomic mass is 10.1. The molecular formula is C23H24N4O4. The summed E-state index contributed by atoms with van der Waals surface area (Å²) in [6.45, 7) is 3.58. The summed E-state index contributed by atoms with van der Waals surface area (Å²) in [4.78, 5) is 39.3. The van der Waals surface area contributed by atoms with Gasteiger partial charge in [0.1, 0.15) is 0 Å². The molecule has 1 aromatic heterocycles. The van der Waals surface area contributed by atoms with Crippen molar-refractivity contribution < 1.29 is 14.3 Å². The van der Waals surface area contributed by atoms with Gasteiger partial charge < -0.3 is 15.0 Å². The second-order valence-corrected chi connectivity index (χ2v) is 7.58. The van der Waals surface area contributed by atoms with Crippen LogP contribution in [0.3, 0.4) is 0 Å². The molecule has 2 heterocycles. The quantitative estimate of drug-likeness (QED) is 0.615. The predicted molar refractivity (Wildman–Crippen MR) is 118 cm³/mol. The summed E-state index contributed by atoms with van der Waals surface area (Å²) >= 11 is 0. The van der Waals surface area contributed by atoms with Crippen LogP contribution < -0.4 is 15.8 Å². The monoisotopic (exact) mass is 420 g/mol. The number of carbonyl (C=O) groups is 2. The van der Waals surface area contributed by atoms with E-state index in [0.717, 1.165) is 18.8 Å². The van der Waals surface area contributed by atoms with Crippen LogP contribution in [0, 0.1) is 0 Å². The Kier molecular flexibility index (Phi) is 5.97. The first kappa shape index (κ1) is 20.6. The van der Waals surface area contributed by atoms with Crippen LogP contribution in [0.4, 0.5) is 11.4 Å². The summed E-state index contributed by atoms with van der Waals surface area (Å²) in [5.74, 6) is -1.23. The van der Waals surface area contributed by atoms with Gasteiger partial charge in [-0.3, -0.25) is 9.59 Å². The number of H-pyrrole nitrogens is 1. The minimum Gasteiger partial charge on any atom is -0.448 e. The molecular weight excluding hydrogens is 396 g/mol. The summed E-state index contributed by atoms with van der Waals surface area (Å²) in [6.07, 6.45) is 2.62. The maximum Gasteiger partial charge on any atom is 0.360 e. The van der Waals surface area contributed by atoms with Crippen LogP contribution in [-0.4, -0.2) is 41.3 Å². The van der Waals surface area contributed by atoms with E-state index in [1.807, 2.05) is 24.3 Å². The SMILES string of the molecule is C[C@H](OC(=O)c1n[nH]c(=O)c2ccccc12)C(=O)Nc1ccc(N2CCCCC2)cc1. The van der Waals surface area contributed by atoms with Crippen molar-refractivity contribution in [2.24, 2.45) is 0 Å². The molecule has 8 heteroatoms. The smallest absolute Gasteiger partial charge is 0.360 e. The molecule has 160 valence electrons. The van der Waals surface area contributed by atoms with Crippen LogP contribution in [-0.2, 0) is 9.53 Å². The first-order valence-corrected chi connectivity index (χ1v) is 10.4. The number of amides is 1. The number of anilines is 2. The van der Waals surface area contributed by atoms with Crippen molar-refractivity contribution in [1.29, 1.82) is 0 Å². The summed E-state index contributed by atoms with van der Waals surface area (Å²) in [5, 5.41) is 9.56. The summed E-state index contributed by atoms with van der Waals surface area (Å²) in [7, 11) is 0. The van der Waals surface area contributed by atoms with E-state index in [9.17, 15) is 14.4 Å². The third-order valence-corrected chi connectivity index (χ3v) is 5.40. The Balaban J connectivity index is 1.40. The molecule has 3 aromatic rings. The molecule has 1 saturated heterocycles. The molecule has 0 radical (unpaired) electrons. The van der Waals surface area contributed by atoms with Gasteiger partial charge in [0.05, 0.1) is 5.39 Å². The molecule has 1 aliphatic heterocycles. The number of nitrogens with zero attached hydrogens (tertiary/aromatic N) is 2. The number of hydrogen-bond donors (Lipinski definition) is 2. The maximum atomic E-state index is 12.6. The predicted octanol–water partition coefficient (Wildman–Crippen LogP) is 3.10. The van der Waals surface area contributed by atoms with Gasteiger partial charge in [-0.05, 0) is 56.5 Å². The average molecular weight is 420 g/mol. The van der Waals surface area contributed by atoms with Gasteiger partial charge >= 0.3 is 5.97 Å². The molecule has 0 aliphatic carbocycles. The Bertz CT molecular complexity index is 1150. The van der Waals surface area contributed by atoms with Crippen molar-refractivity contribution in [3.63, 3.8) is 0 Å². The maximum absolute atomic E-state index is 12.6. The van der Waals surface area contributed by atoms with Crippen molar-refractivity contribution in [2.45, 2.75) is 32.3 Å². The Hall–Kier alpha value is -3.68. The third kappa shape index (κ3) is 4.58. The van der Waals surface area contributed by atoms with Gasteiger partial charge in [0, 0.05) is 29.9 Å². The molecule has 0 saturated carbocycles. The van der Waals surface area contributed by atoms with Gasteiger partial charge in [0.15, 0.2) is 11.8 Å². The zero-order valence-electron chi connectivity index (χ0n) is 17.3. The normalized spacial score (nSPS) is 14.8. The fraction of sp³-hybridized carbons (Fsp3) is 0.304. The van der Waals surface area contributed by atoms with Crippen LogP contribution in [0.5, 0.6) is 0 Å². The van der Waals surface area contributed by atoms with E-state index in [0.29, 0.717) is 16.5 Å². The van der Waals surface area contributed by atoms with E-state index in [4.69, 9.17) is 4.74 Å². The number of hydrogen-bond acceptors (Lipinski definition) is 6. The number of carbonyl (C=O) groups excluding carboxylic acids is 2. The second kappa shape index (κ2) is 8.99. The molecule has 4 rings (SSSR count). The number of aromatic nitrogens is 2. The van der Waals surface area contributed by atoms with E-state index in [1.54, 1.807) is 24.3 Å². The number of rotatable bonds is 5. The Morgan fingerprint density at radius 1 is 1.03 bits per heavy atom. The fourth-order valence-corrected chi connectivity index (χ4v) is 3.69. The number of ether oxygens (including phenoxy) is 1. The minimum atomic E-state index is -1.04. The zero-order chi connectivity index (χ0) is 21.8. The molecule has 1 amide bonds. The van der Waals surface area contributed by atoms with Crippen LogP contribution in [0.2, 0.25) is 0 Å². The fourth-order valence-electron chi connectivity index (χ4n) is 3.69. The Morgan fingerprint density at radius 3 is 2.42 bits per heavy atom. The number of esters is 1. The van der Waals surface area contributed by atoms with Crippen molar-refractivity contribution in [3.05, 3.63) is 64.6 Å². The number of fused-ring (bicyclic) bond motifs is 1. The van der Waals surface area contributed by atoms with Crippen LogP contribution in [0.25, 0.3) is 10.8 Å². The molecule has 1 fully saturated rings. The van der Waals surface area contributed by atoms with Gasteiger partial charge in [-0.1, -0.05) is 18.2 Å². The molecule has 0 unspecified atom stereocenters. The highest BCUT2D eigenvalue weighted by atomic mass is 16.5. The topological polar surface area (TPSA) is 104 Å². The van der Waals surface area contributed by atoms with E-state index in [-0.39, 0.29) is 5.69 Å². The summed E-state index contributed by atoms with van der Waals surface area (Å²) in [6, 6.07) is 14.2. The third-order valence-electron chi connectivity index (χ3n) is 5.40. The summed E-state index contributed by atoms with van der Waals surface area (Å²) in [5.41, 5.74) is 1.32. The number of piperidine rings is 1. The number of benzene rings is 2. The van der Waals surface area contributed by atoms with Gasteiger partial charge in [-0.15, -0.1) is 0 Å². The molecule has 31 heavy (non-hydrogen) atoms. The van der Waals surface area contributed by atoms with E-state index < -0.39 is 23.5 Å². The van der Waals surface area contributed by atoms with Gasteiger partial charge in [-0.25, -0.2) is 9.89 Å². The Morgan fingerprint density at radius 2 is 1.71 bits per heavy atom. The highest BCUT2D eigenvalue weighted by Crippen LogP contribution is 2.22. The average Bonchev–Trinajstić information content (AvgIpc) is 2.80. The molecule has 1 aliphatic rings. The number of nitrogens with one attached hydrogen (secondary N) is 2. The zero-order valence-corrected chi connectivity index (χ0v) is 17.3. The van der Waals surface area contributed by atoms with Crippen molar-refractivity contribution in [3.8, 4) is 0 Å². The number of aromatic amines is 1. The van der Waals surface area contributed by atoms with Crippen molar-refractivity contribution in [2.75, 3.05) is 23.3 Å². The minimum absolute atomic E-state index is 0.0410. The lowest BCUT2D eigenvalue weighted by molar-refractivity contribution is -0.123. The van der Waals surface area contributed by atoms with Crippen LogP contribution in [0.15, 0.2) is 53.3 Å². The van der Waals surface area contributed by atoms with Crippen molar-refractivity contribution >= 4 is 34.0 Å². The van der Waals surface area contributed by atoms with Gasteiger partial charge in [-0.2, -0.15) is 5.10 Å². The van der Waals surface area contributed by atoms with E-state index in [1.165, 1.54) is 26.2 Å². The van der Waals surface area contributed by atoms with Crippen molar-refractivity contribution in [1.82, 2.24) is 10.2 Å². The molecule has 1 atom stereocenters. The van der Waals surface area contributed by atoms with Crippen LogP contribution in [0.1, 0.15) is 36.7 Å². The highest BCUT2D eigenvalue weighted by Gasteiger charge is 2.22. The molecule has 2 aromatic carbocycles. The molecule has 0 spiro atoms. The lowest BCUT2D eigenvalue weighted by Gasteiger charge is -2.28. The van der Waals surface area contributed by atoms with E-state index >= 15 is 0 Å². The highest BCUT2D eigenvalue weighted by molar-refractivity contribution is 6.03. The molecule has 2 N–H and O–H groups in total. The van der Waals surface area contributed by atoms with Crippen LogP contribution >= 0.6 is 0 Å². The first-order valence-electron chi connectivity index (χ1n) is 10.4. The largest absolute Gasteiger partial charge is 0.448 e. The Labute approximate surface area is 179 Å².